The van der Waals surface area contributed by atoms with Crippen LogP contribution in [0.4, 0.5) is 18.9 Å². The number of benzene rings is 2. The van der Waals surface area contributed by atoms with E-state index in [2.05, 4.69) is 44.0 Å². The first kappa shape index (κ1) is 21.9. The standard InChI is InChI=1S/C24H21F3N6O/c1-4-32-19-8-6-5-7-16(19)18-11-15(9-10-20(18)32)29-21(34)12-17-13(2)28-23-30-22(24(25,26)27)31-33(23)14(17)3/h5-11H,4,12H2,1-3H3,(H,29,34). The minimum atomic E-state index is -4.68. The van der Waals surface area contributed by atoms with Crippen molar-refractivity contribution in [1.82, 2.24) is 24.1 Å². The summed E-state index contributed by atoms with van der Waals surface area (Å²) in [5, 5.41) is 8.57. The van der Waals surface area contributed by atoms with E-state index in [1.165, 1.54) is 0 Å². The van der Waals surface area contributed by atoms with Crippen molar-refractivity contribution < 1.29 is 18.0 Å². The molecule has 0 saturated heterocycles. The number of aryl methyl sites for hydroxylation is 3. The van der Waals surface area contributed by atoms with E-state index in [0.717, 1.165) is 32.9 Å². The summed E-state index contributed by atoms with van der Waals surface area (Å²) in [5.41, 5.74) is 4.17. The molecule has 5 aromatic rings. The number of alkyl halides is 3. The summed E-state index contributed by atoms with van der Waals surface area (Å²) < 4.78 is 42.3. The SMILES string of the molecule is CCn1c2ccccc2c2cc(NC(=O)Cc3c(C)nc4nc(C(F)(F)F)nn4c3C)ccc21. The molecule has 0 aliphatic carbocycles. The predicted molar refractivity (Wildman–Crippen MR) is 123 cm³/mol. The second-order valence-electron chi connectivity index (χ2n) is 8.12. The van der Waals surface area contributed by atoms with Gasteiger partial charge in [-0.2, -0.15) is 18.2 Å². The Morgan fingerprint density at radius 3 is 2.50 bits per heavy atom. The maximum atomic E-state index is 13.0. The average Bonchev–Trinajstić information content (AvgIpc) is 3.36. The van der Waals surface area contributed by atoms with Gasteiger partial charge in [0.2, 0.25) is 5.91 Å². The molecule has 0 aliphatic heterocycles. The molecule has 0 spiro atoms. The molecule has 0 atom stereocenters. The van der Waals surface area contributed by atoms with Gasteiger partial charge in [-0.1, -0.05) is 18.2 Å². The zero-order valence-corrected chi connectivity index (χ0v) is 18.7. The van der Waals surface area contributed by atoms with Crippen molar-refractivity contribution in [3.63, 3.8) is 0 Å². The highest BCUT2D eigenvalue weighted by Crippen LogP contribution is 2.31. The highest BCUT2D eigenvalue weighted by atomic mass is 19.4. The third-order valence-corrected chi connectivity index (χ3v) is 6.01. The van der Waals surface area contributed by atoms with Crippen LogP contribution in [0.5, 0.6) is 0 Å². The van der Waals surface area contributed by atoms with Gasteiger partial charge in [0.25, 0.3) is 11.6 Å². The quantitative estimate of drug-likeness (QED) is 0.401. The fraction of sp³-hybridized carbons (Fsp3) is 0.250. The summed E-state index contributed by atoms with van der Waals surface area (Å²) in [6.07, 6.45) is -4.73. The Labute approximate surface area is 192 Å². The lowest BCUT2D eigenvalue weighted by atomic mass is 10.1. The summed E-state index contributed by atoms with van der Waals surface area (Å²) in [6, 6.07) is 13.9. The van der Waals surface area contributed by atoms with Gasteiger partial charge in [0.05, 0.1) is 6.42 Å². The zero-order valence-electron chi connectivity index (χ0n) is 18.7. The number of carbonyl (C=O) groups excluding carboxylic acids is 1. The second-order valence-corrected chi connectivity index (χ2v) is 8.12. The molecule has 1 amide bonds. The number of amides is 1. The molecule has 7 nitrogen and oxygen atoms in total. The van der Waals surface area contributed by atoms with E-state index >= 15 is 0 Å². The van der Waals surface area contributed by atoms with Crippen LogP contribution in [0.2, 0.25) is 0 Å². The minimum Gasteiger partial charge on any atom is -0.341 e. The van der Waals surface area contributed by atoms with E-state index in [4.69, 9.17) is 0 Å². The molecule has 0 unspecified atom stereocenters. The van der Waals surface area contributed by atoms with Crippen molar-refractivity contribution >= 4 is 39.2 Å². The lowest BCUT2D eigenvalue weighted by Gasteiger charge is -2.11. The highest BCUT2D eigenvalue weighted by Gasteiger charge is 2.37. The number of hydrogen-bond acceptors (Lipinski definition) is 4. The Morgan fingerprint density at radius 2 is 1.76 bits per heavy atom. The Bertz CT molecular complexity index is 1580. The average molecular weight is 466 g/mol. The van der Waals surface area contributed by atoms with Crippen molar-refractivity contribution in [2.45, 2.75) is 39.9 Å². The van der Waals surface area contributed by atoms with Gasteiger partial charge in [0, 0.05) is 51.0 Å². The molecule has 3 aromatic heterocycles. The number of anilines is 1. The lowest BCUT2D eigenvalue weighted by molar-refractivity contribution is -0.144. The minimum absolute atomic E-state index is 0.0590. The summed E-state index contributed by atoms with van der Waals surface area (Å²) in [7, 11) is 0. The van der Waals surface area contributed by atoms with E-state index in [1.54, 1.807) is 13.8 Å². The number of nitrogens with zero attached hydrogens (tertiary/aromatic N) is 5. The number of hydrogen-bond donors (Lipinski definition) is 1. The summed E-state index contributed by atoms with van der Waals surface area (Å²) in [5.74, 6) is -1.71. The lowest BCUT2D eigenvalue weighted by Crippen LogP contribution is -2.17. The fourth-order valence-electron chi connectivity index (χ4n) is 4.42. The van der Waals surface area contributed by atoms with Crippen LogP contribution in [0.15, 0.2) is 42.5 Å². The van der Waals surface area contributed by atoms with Crippen LogP contribution in [0, 0.1) is 13.8 Å². The molecule has 0 bridgehead atoms. The molecule has 0 fully saturated rings. The first-order chi connectivity index (χ1) is 16.2. The van der Waals surface area contributed by atoms with Gasteiger partial charge in [-0.15, -0.1) is 5.10 Å². The molecule has 174 valence electrons. The molecule has 34 heavy (non-hydrogen) atoms. The van der Waals surface area contributed by atoms with Gasteiger partial charge >= 0.3 is 6.18 Å². The molecule has 2 aromatic carbocycles. The molecule has 0 radical (unpaired) electrons. The molecule has 3 heterocycles. The first-order valence-corrected chi connectivity index (χ1v) is 10.8. The van der Waals surface area contributed by atoms with Crippen molar-refractivity contribution in [2.75, 3.05) is 5.32 Å². The van der Waals surface area contributed by atoms with Gasteiger partial charge < -0.3 is 9.88 Å². The van der Waals surface area contributed by atoms with Crippen LogP contribution in [-0.4, -0.2) is 30.1 Å². The number of fused-ring (bicyclic) bond motifs is 4. The predicted octanol–water partition coefficient (Wildman–Crippen LogP) is 5.07. The molecular weight excluding hydrogens is 445 g/mol. The Hall–Kier alpha value is -3.95. The van der Waals surface area contributed by atoms with E-state index in [-0.39, 0.29) is 18.1 Å². The van der Waals surface area contributed by atoms with Gasteiger partial charge in [-0.25, -0.2) is 9.50 Å². The van der Waals surface area contributed by atoms with Crippen LogP contribution < -0.4 is 5.32 Å². The topological polar surface area (TPSA) is 77.1 Å². The third-order valence-electron chi connectivity index (χ3n) is 6.01. The van der Waals surface area contributed by atoms with Gasteiger partial charge in [-0.05, 0) is 45.0 Å². The van der Waals surface area contributed by atoms with Crippen molar-refractivity contribution in [1.29, 1.82) is 0 Å². The summed E-state index contributed by atoms with van der Waals surface area (Å²) in [6.45, 7) is 6.15. The normalized spacial score (nSPS) is 12.2. The number of para-hydroxylation sites is 1. The van der Waals surface area contributed by atoms with Gasteiger partial charge in [-0.3, -0.25) is 4.79 Å². The largest absolute Gasteiger partial charge is 0.453 e. The summed E-state index contributed by atoms with van der Waals surface area (Å²) in [4.78, 5) is 20.5. The number of carbonyl (C=O) groups is 1. The molecule has 10 heteroatoms. The monoisotopic (exact) mass is 466 g/mol. The van der Waals surface area contributed by atoms with Crippen molar-refractivity contribution in [2.24, 2.45) is 0 Å². The smallest absolute Gasteiger partial charge is 0.341 e. The van der Waals surface area contributed by atoms with E-state index in [0.29, 0.717) is 22.6 Å². The van der Waals surface area contributed by atoms with E-state index in [1.807, 2.05) is 30.3 Å². The zero-order chi connectivity index (χ0) is 24.2. The van der Waals surface area contributed by atoms with Crippen LogP contribution in [0.25, 0.3) is 27.6 Å². The number of rotatable bonds is 4. The van der Waals surface area contributed by atoms with Gasteiger partial charge in [0.1, 0.15) is 0 Å². The van der Waals surface area contributed by atoms with Crippen LogP contribution >= 0.6 is 0 Å². The summed E-state index contributed by atoms with van der Waals surface area (Å²) >= 11 is 0. The Morgan fingerprint density at radius 1 is 1.03 bits per heavy atom. The van der Waals surface area contributed by atoms with Crippen LogP contribution in [-0.2, 0) is 23.9 Å². The number of aromatic nitrogens is 5. The maximum Gasteiger partial charge on any atom is 0.453 e. The Balaban J connectivity index is 1.46. The van der Waals surface area contributed by atoms with E-state index < -0.39 is 12.0 Å². The molecule has 5 rings (SSSR count). The maximum absolute atomic E-state index is 13.0. The molecule has 0 saturated carbocycles. The highest BCUT2D eigenvalue weighted by molar-refractivity contribution is 6.09. The van der Waals surface area contributed by atoms with Crippen LogP contribution in [0.1, 0.15) is 29.7 Å². The van der Waals surface area contributed by atoms with Crippen molar-refractivity contribution in [3.8, 4) is 0 Å². The second kappa shape index (κ2) is 7.82. The fourth-order valence-corrected chi connectivity index (χ4v) is 4.42. The van der Waals surface area contributed by atoms with Crippen molar-refractivity contribution in [3.05, 3.63) is 65.2 Å². The number of halogens is 3. The van der Waals surface area contributed by atoms with Gasteiger partial charge in [0.15, 0.2) is 0 Å². The van der Waals surface area contributed by atoms with Crippen LogP contribution in [0.3, 0.4) is 0 Å². The molecular formula is C24H21F3N6O. The third kappa shape index (κ3) is 3.55. The first-order valence-electron chi connectivity index (χ1n) is 10.8. The molecule has 1 N–H and O–H groups in total. The number of nitrogens with one attached hydrogen (secondary N) is 1. The Kier molecular flexibility index (Phi) is 5.03. The van der Waals surface area contributed by atoms with E-state index in [9.17, 15) is 18.0 Å². The molecule has 0 aliphatic rings.